The number of fused-ring (bicyclic) bond motifs is 1. The van der Waals surface area contributed by atoms with Crippen molar-refractivity contribution in [2.75, 3.05) is 19.1 Å². The number of hydrogen-bond donors (Lipinski definition) is 2. The fourth-order valence-electron chi connectivity index (χ4n) is 3.57. The van der Waals surface area contributed by atoms with Crippen molar-refractivity contribution < 1.29 is 9.53 Å². The van der Waals surface area contributed by atoms with E-state index in [1.54, 1.807) is 7.11 Å². The van der Waals surface area contributed by atoms with Gasteiger partial charge in [0.15, 0.2) is 0 Å². The van der Waals surface area contributed by atoms with Crippen molar-refractivity contribution >= 4 is 28.3 Å². The molecule has 0 spiro atoms. The molecule has 0 aliphatic rings. The third-order valence-electron chi connectivity index (χ3n) is 5.02. The summed E-state index contributed by atoms with van der Waals surface area (Å²) < 4.78 is 5.53. The number of nitrogens with two attached hydrogens (primary N) is 1. The van der Waals surface area contributed by atoms with Crippen molar-refractivity contribution in [3.05, 3.63) is 53.9 Å². The number of hydrogen-bond acceptors (Lipinski definition) is 6. The number of methoxy groups -OCH3 is 1. The van der Waals surface area contributed by atoms with Crippen molar-refractivity contribution in [3.63, 3.8) is 0 Å². The van der Waals surface area contributed by atoms with Gasteiger partial charge in [0.2, 0.25) is 5.91 Å². The summed E-state index contributed by atoms with van der Waals surface area (Å²) in [4.78, 5) is 23.6. The summed E-state index contributed by atoms with van der Waals surface area (Å²) in [6, 6.07) is 13.7. The van der Waals surface area contributed by atoms with Crippen LogP contribution in [0.2, 0.25) is 0 Å². The number of para-hydroxylation sites is 1. The molecule has 3 N–H and O–H groups in total. The average Bonchev–Trinajstić information content (AvgIpc) is 2.75. The van der Waals surface area contributed by atoms with Crippen LogP contribution in [0.4, 0.5) is 11.5 Å². The number of hydrazine groups is 1. The maximum absolute atomic E-state index is 12.4. The first-order valence-electron chi connectivity index (χ1n) is 9.65. The van der Waals surface area contributed by atoms with E-state index in [0.29, 0.717) is 18.0 Å². The Balaban J connectivity index is 2.11. The van der Waals surface area contributed by atoms with Crippen LogP contribution in [0.15, 0.2) is 42.5 Å². The van der Waals surface area contributed by atoms with Gasteiger partial charge in [0.25, 0.3) is 0 Å². The fraction of sp³-hybridized carbons (Fsp3) is 0.318. The minimum atomic E-state index is -0.392. The topological polar surface area (TPSA) is 93.4 Å². The first-order valence-corrected chi connectivity index (χ1v) is 9.65. The van der Waals surface area contributed by atoms with E-state index >= 15 is 0 Å². The van der Waals surface area contributed by atoms with Gasteiger partial charge in [-0.05, 0) is 43.7 Å². The molecule has 0 radical (unpaired) electrons. The summed E-state index contributed by atoms with van der Waals surface area (Å²) in [6.45, 7) is 3.92. The number of ether oxygens (including phenoxy) is 1. The van der Waals surface area contributed by atoms with Crippen molar-refractivity contribution in [2.45, 2.75) is 32.6 Å². The van der Waals surface area contributed by atoms with E-state index in [0.717, 1.165) is 34.4 Å². The molecule has 7 heteroatoms. The van der Waals surface area contributed by atoms with Crippen LogP contribution in [0.25, 0.3) is 10.9 Å². The van der Waals surface area contributed by atoms with E-state index in [1.165, 1.54) is 0 Å². The summed E-state index contributed by atoms with van der Waals surface area (Å²) in [5.41, 5.74) is 4.87. The number of aromatic nitrogens is 2. The molecule has 0 aliphatic heterocycles. The van der Waals surface area contributed by atoms with Crippen LogP contribution in [-0.4, -0.2) is 30.0 Å². The number of rotatable bonds is 7. The second-order valence-corrected chi connectivity index (χ2v) is 6.95. The summed E-state index contributed by atoms with van der Waals surface area (Å²) >= 11 is 0. The Morgan fingerprint density at radius 2 is 2.00 bits per heavy atom. The molecule has 0 saturated carbocycles. The monoisotopic (exact) mass is 393 g/mol. The Hall–Kier alpha value is -3.19. The molecule has 152 valence electrons. The maximum Gasteiger partial charge on any atom is 0.241 e. The Morgan fingerprint density at radius 3 is 2.69 bits per heavy atom. The lowest BCUT2D eigenvalue weighted by molar-refractivity contribution is -0.122. The van der Waals surface area contributed by atoms with E-state index in [2.05, 4.69) is 15.4 Å². The number of amides is 1. The second kappa shape index (κ2) is 8.87. The molecule has 0 aliphatic carbocycles. The molecule has 0 fully saturated rings. The smallest absolute Gasteiger partial charge is 0.241 e. The standard InChI is InChI=1S/C22H27N5O2/c1-5-8-16(22(28)26-23)18-13-15(11-12-20(18)29-4)27(3)21-17-9-6-7-10-19(17)24-14(2)25-21/h6-7,9-13,16H,5,8,23H2,1-4H3,(H,26,28). The van der Waals surface area contributed by atoms with E-state index < -0.39 is 5.92 Å². The van der Waals surface area contributed by atoms with E-state index in [-0.39, 0.29) is 5.91 Å². The minimum absolute atomic E-state index is 0.228. The van der Waals surface area contributed by atoms with Gasteiger partial charge in [-0.15, -0.1) is 0 Å². The summed E-state index contributed by atoms with van der Waals surface area (Å²) in [6.07, 6.45) is 1.51. The molecule has 1 unspecified atom stereocenters. The maximum atomic E-state index is 12.4. The lowest BCUT2D eigenvalue weighted by Crippen LogP contribution is -2.35. The molecular formula is C22H27N5O2. The van der Waals surface area contributed by atoms with E-state index in [1.807, 2.05) is 68.3 Å². The first-order chi connectivity index (χ1) is 14.0. The molecule has 3 aromatic rings. The van der Waals surface area contributed by atoms with E-state index in [9.17, 15) is 4.79 Å². The number of anilines is 2. The highest BCUT2D eigenvalue weighted by molar-refractivity contribution is 5.91. The normalized spacial score (nSPS) is 11.9. The van der Waals surface area contributed by atoms with Gasteiger partial charge < -0.3 is 9.64 Å². The molecule has 1 aromatic heterocycles. The summed E-state index contributed by atoms with van der Waals surface area (Å²) in [5.74, 6) is 6.98. The molecule has 1 amide bonds. The Morgan fingerprint density at radius 1 is 1.24 bits per heavy atom. The van der Waals surface area contributed by atoms with Gasteiger partial charge in [0, 0.05) is 23.7 Å². The van der Waals surface area contributed by atoms with Crippen LogP contribution in [0.5, 0.6) is 5.75 Å². The zero-order valence-corrected chi connectivity index (χ0v) is 17.3. The van der Waals surface area contributed by atoms with Crippen LogP contribution in [0.1, 0.15) is 37.1 Å². The lowest BCUT2D eigenvalue weighted by atomic mass is 9.92. The summed E-state index contributed by atoms with van der Waals surface area (Å²) in [5, 5.41) is 0.961. The lowest BCUT2D eigenvalue weighted by Gasteiger charge is -2.24. The molecule has 2 aromatic carbocycles. The predicted octanol–water partition coefficient (Wildman–Crippen LogP) is 3.59. The van der Waals surface area contributed by atoms with Gasteiger partial charge in [-0.25, -0.2) is 15.8 Å². The van der Waals surface area contributed by atoms with Crippen molar-refractivity contribution in [1.29, 1.82) is 0 Å². The highest BCUT2D eigenvalue weighted by Gasteiger charge is 2.24. The number of nitrogens with one attached hydrogen (secondary N) is 1. The quantitative estimate of drug-likeness (QED) is 0.362. The van der Waals surface area contributed by atoms with Crippen molar-refractivity contribution in [2.24, 2.45) is 5.84 Å². The number of benzene rings is 2. The third-order valence-corrected chi connectivity index (χ3v) is 5.02. The number of carbonyl (C=O) groups is 1. The molecule has 7 nitrogen and oxygen atoms in total. The van der Waals surface area contributed by atoms with Gasteiger partial charge >= 0.3 is 0 Å². The van der Waals surface area contributed by atoms with Crippen molar-refractivity contribution in [3.8, 4) is 5.75 Å². The average molecular weight is 393 g/mol. The molecular weight excluding hydrogens is 366 g/mol. The molecule has 1 atom stereocenters. The molecule has 1 heterocycles. The van der Waals surface area contributed by atoms with Gasteiger partial charge in [-0.2, -0.15) is 0 Å². The highest BCUT2D eigenvalue weighted by atomic mass is 16.5. The molecule has 29 heavy (non-hydrogen) atoms. The predicted molar refractivity (Wildman–Crippen MR) is 115 cm³/mol. The minimum Gasteiger partial charge on any atom is -0.496 e. The largest absolute Gasteiger partial charge is 0.496 e. The van der Waals surface area contributed by atoms with Crippen LogP contribution in [-0.2, 0) is 4.79 Å². The van der Waals surface area contributed by atoms with Gasteiger partial charge in [0.05, 0.1) is 18.5 Å². The van der Waals surface area contributed by atoms with Crippen LogP contribution in [0.3, 0.4) is 0 Å². The molecule has 0 saturated heterocycles. The van der Waals surface area contributed by atoms with Crippen LogP contribution in [0, 0.1) is 6.92 Å². The molecule has 0 bridgehead atoms. The Bertz CT molecular complexity index is 1020. The first kappa shape index (κ1) is 20.5. The van der Waals surface area contributed by atoms with Gasteiger partial charge in [-0.3, -0.25) is 10.2 Å². The SMILES string of the molecule is CCCC(C(=O)NN)c1cc(N(C)c2nc(C)nc3ccccc23)ccc1OC. The number of nitrogens with zero attached hydrogens (tertiary/aromatic N) is 3. The van der Waals surface area contributed by atoms with Gasteiger partial charge in [-0.1, -0.05) is 25.5 Å². The van der Waals surface area contributed by atoms with Gasteiger partial charge in [0.1, 0.15) is 17.4 Å². The molecule has 3 rings (SSSR count). The zero-order valence-electron chi connectivity index (χ0n) is 17.3. The Kier molecular flexibility index (Phi) is 6.29. The third kappa shape index (κ3) is 4.14. The second-order valence-electron chi connectivity index (χ2n) is 6.95. The highest BCUT2D eigenvalue weighted by Crippen LogP contribution is 2.36. The summed E-state index contributed by atoms with van der Waals surface area (Å²) in [7, 11) is 3.56. The zero-order chi connectivity index (χ0) is 21.0. The van der Waals surface area contributed by atoms with Crippen LogP contribution < -0.4 is 20.9 Å². The van der Waals surface area contributed by atoms with Crippen molar-refractivity contribution in [1.82, 2.24) is 15.4 Å². The van der Waals surface area contributed by atoms with Crippen LogP contribution >= 0.6 is 0 Å². The fourth-order valence-corrected chi connectivity index (χ4v) is 3.57. The van der Waals surface area contributed by atoms with E-state index in [4.69, 9.17) is 10.6 Å². The number of aryl methyl sites for hydroxylation is 1. The number of carbonyl (C=O) groups excluding carboxylic acids is 1. The Labute approximate surface area is 170 Å².